The van der Waals surface area contributed by atoms with Crippen LogP contribution in [0.3, 0.4) is 0 Å². The van der Waals surface area contributed by atoms with Crippen molar-refractivity contribution >= 4 is 45.8 Å². The summed E-state index contributed by atoms with van der Waals surface area (Å²) in [6, 6.07) is 3.73. The van der Waals surface area contributed by atoms with Crippen LogP contribution in [0.5, 0.6) is 0 Å². The Kier molecular flexibility index (Phi) is 3.90. The number of nitrogens with one attached hydrogen (secondary N) is 1. The van der Waals surface area contributed by atoms with Crippen LogP contribution in [0.2, 0.25) is 10.0 Å². The fraction of sp³-hybridized carbons (Fsp3) is 0.235. The van der Waals surface area contributed by atoms with Crippen LogP contribution in [0.4, 0.5) is 5.69 Å². The Morgan fingerprint density at radius 1 is 1.29 bits per heavy atom. The lowest BCUT2D eigenvalue weighted by molar-refractivity contribution is 0.102. The number of halogens is 2. The van der Waals surface area contributed by atoms with E-state index in [4.69, 9.17) is 23.2 Å². The van der Waals surface area contributed by atoms with Gasteiger partial charge in [0.05, 0.1) is 21.3 Å². The maximum atomic E-state index is 12.8. The minimum Gasteiger partial charge on any atom is -0.331 e. The molecule has 3 heterocycles. The zero-order chi connectivity index (χ0) is 16.7. The molecule has 1 amide bonds. The number of hydrogen-bond donors (Lipinski definition) is 1. The van der Waals surface area contributed by atoms with Crippen LogP contribution < -0.4 is 5.32 Å². The summed E-state index contributed by atoms with van der Waals surface area (Å²) in [4.78, 5) is 21.1. The highest BCUT2D eigenvalue weighted by Crippen LogP contribution is 2.33. The molecular formula is C17H14Cl2N4O. The Hall–Kier alpha value is -2.11. The lowest BCUT2D eigenvalue weighted by Gasteiger charge is -2.07. The van der Waals surface area contributed by atoms with Crippen LogP contribution in [0, 0.1) is 5.92 Å². The molecule has 1 aliphatic carbocycles. The van der Waals surface area contributed by atoms with E-state index < -0.39 is 0 Å². The van der Waals surface area contributed by atoms with Crippen molar-refractivity contribution in [3.05, 3.63) is 52.5 Å². The molecule has 0 aromatic carbocycles. The second-order valence-electron chi connectivity index (χ2n) is 5.95. The highest BCUT2D eigenvalue weighted by molar-refractivity contribution is 6.39. The molecule has 0 saturated heterocycles. The number of fused-ring (bicyclic) bond motifs is 1. The van der Waals surface area contributed by atoms with Crippen LogP contribution in [-0.4, -0.2) is 20.4 Å². The molecule has 0 aliphatic heterocycles. The van der Waals surface area contributed by atoms with Gasteiger partial charge in [0.25, 0.3) is 5.91 Å². The van der Waals surface area contributed by atoms with E-state index >= 15 is 0 Å². The molecule has 0 atom stereocenters. The number of pyridine rings is 2. The molecule has 0 bridgehead atoms. The van der Waals surface area contributed by atoms with Crippen molar-refractivity contribution in [1.82, 2.24) is 14.5 Å². The second kappa shape index (κ2) is 6.07. The van der Waals surface area contributed by atoms with E-state index in [1.165, 1.54) is 25.2 Å². The fourth-order valence-electron chi connectivity index (χ4n) is 2.73. The van der Waals surface area contributed by atoms with Crippen molar-refractivity contribution in [2.45, 2.75) is 19.4 Å². The molecule has 3 aromatic heterocycles. The Bertz CT molecular complexity index is 913. The predicted molar refractivity (Wildman–Crippen MR) is 94.7 cm³/mol. The maximum absolute atomic E-state index is 12.8. The van der Waals surface area contributed by atoms with Crippen molar-refractivity contribution in [1.29, 1.82) is 0 Å². The summed E-state index contributed by atoms with van der Waals surface area (Å²) in [6.45, 7) is 0.886. The number of amides is 1. The molecule has 1 N–H and O–H groups in total. The molecule has 1 saturated carbocycles. The van der Waals surface area contributed by atoms with E-state index in [0.29, 0.717) is 27.2 Å². The molecule has 24 heavy (non-hydrogen) atoms. The van der Waals surface area contributed by atoms with Crippen molar-refractivity contribution in [2.75, 3.05) is 5.32 Å². The van der Waals surface area contributed by atoms with Gasteiger partial charge in [-0.3, -0.25) is 9.78 Å². The topological polar surface area (TPSA) is 59.8 Å². The van der Waals surface area contributed by atoms with Gasteiger partial charge in [0.1, 0.15) is 5.65 Å². The quantitative estimate of drug-likeness (QED) is 0.749. The molecule has 7 heteroatoms. The van der Waals surface area contributed by atoms with Gasteiger partial charge in [-0.05, 0) is 30.9 Å². The Balaban J connectivity index is 1.71. The van der Waals surface area contributed by atoms with E-state index in [0.717, 1.165) is 17.6 Å². The van der Waals surface area contributed by atoms with E-state index in [-0.39, 0.29) is 5.91 Å². The van der Waals surface area contributed by atoms with Crippen molar-refractivity contribution in [2.24, 2.45) is 5.92 Å². The maximum Gasteiger partial charge on any atom is 0.257 e. The highest BCUT2D eigenvalue weighted by atomic mass is 35.5. The number of anilines is 1. The summed E-state index contributed by atoms with van der Waals surface area (Å²) >= 11 is 12.2. The Morgan fingerprint density at radius 2 is 2.04 bits per heavy atom. The highest BCUT2D eigenvalue weighted by Gasteiger charge is 2.24. The third-order valence-electron chi connectivity index (χ3n) is 4.12. The van der Waals surface area contributed by atoms with Gasteiger partial charge in [-0.2, -0.15) is 0 Å². The van der Waals surface area contributed by atoms with E-state index in [2.05, 4.69) is 19.9 Å². The lowest BCUT2D eigenvalue weighted by atomic mass is 10.2. The van der Waals surface area contributed by atoms with Crippen LogP contribution >= 0.6 is 23.2 Å². The molecule has 5 nitrogen and oxygen atoms in total. The standard InChI is InChI=1S/C17H14Cl2N4O/c18-13-6-20-7-14(19)15(13)22-17(24)12-9-23(8-10-3-4-10)16-11(12)2-1-5-21-16/h1-2,5-7,9-10H,3-4,8H2,(H,20,22,24). The second-order valence-corrected chi connectivity index (χ2v) is 6.76. The van der Waals surface area contributed by atoms with Gasteiger partial charge < -0.3 is 9.88 Å². The monoisotopic (exact) mass is 360 g/mol. The molecule has 3 aromatic rings. The van der Waals surface area contributed by atoms with Gasteiger partial charge in [0, 0.05) is 36.7 Å². The summed E-state index contributed by atoms with van der Waals surface area (Å²) in [6.07, 6.45) is 8.95. The number of nitrogens with zero attached hydrogens (tertiary/aromatic N) is 3. The minimum absolute atomic E-state index is 0.266. The summed E-state index contributed by atoms with van der Waals surface area (Å²) in [5, 5.41) is 4.21. The zero-order valence-corrected chi connectivity index (χ0v) is 14.2. The Labute approximate surface area is 148 Å². The summed E-state index contributed by atoms with van der Waals surface area (Å²) in [5.41, 5.74) is 1.74. The lowest BCUT2D eigenvalue weighted by Crippen LogP contribution is -2.12. The fourth-order valence-corrected chi connectivity index (χ4v) is 3.19. The van der Waals surface area contributed by atoms with E-state index in [1.807, 2.05) is 18.3 Å². The third kappa shape index (κ3) is 2.85. The zero-order valence-electron chi connectivity index (χ0n) is 12.7. The molecule has 122 valence electrons. The number of hydrogen-bond acceptors (Lipinski definition) is 3. The molecule has 0 spiro atoms. The predicted octanol–water partition coefficient (Wildman–Crippen LogP) is 4.40. The smallest absolute Gasteiger partial charge is 0.257 e. The molecular weight excluding hydrogens is 347 g/mol. The number of rotatable bonds is 4. The molecule has 4 rings (SSSR count). The van der Waals surface area contributed by atoms with Crippen LogP contribution in [0.1, 0.15) is 23.2 Å². The first kappa shape index (κ1) is 15.4. The van der Waals surface area contributed by atoms with Crippen molar-refractivity contribution in [3.8, 4) is 0 Å². The molecule has 1 aliphatic rings. The first-order chi connectivity index (χ1) is 11.6. The van der Waals surface area contributed by atoms with Crippen molar-refractivity contribution in [3.63, 3.8) is 0 Å². The first-order valence-corrected chi connectivity index (χ1v) is 8.43. The molecule has 0 unspecified atom stereocenters. The van der Waals surface area contributed by atoms with Gasteiger partial charge in [-0.1, -0.05) is 23.2 Å². The normalized spacial score (nSPS) is 14.1. The van der Waals surface area contributed by atoms with Gasteiger partial charge >= 0.3 is 0 Å². The number of aromatic nitrogens is 3. The SMILES string of the molecule is O=C(Nc1c(Cl)cncc1Cl)c1cn(CC2CC2)c2ncccc12. The van der Waals surface area contributed by atoms with Gasteiger partial charge in [0.2, 0.25) is 0 Å². The minimum atomic E-state index is -0.266. The third-order valence-corrected chi connectivity index (χ3v) is 4.70. The summed E-state index contributed by atoms with van der Waals surface area (Å²) in [7, 11) is 0. The average molecular weight is 361 g/mol. The van der Waals surface area contributed by atoms with Gasteiger partial charge in [-0.25, -0.2) is 4.98 Å². The largest absolute Gasteiger partial charge is 0.331 e. The Morgan fingerprint density at radius 3 is 2.75 bits per heavy atom. The van der Waals surface area contributed by atoms with Crippen LogP contribution in [0.15, 0.2) is 36.9 Å². The molecule has 1 fully saturated rings. The summed E-state index contributed by atoms with van der Waals surface area (Å²) < 4.78 is 2.05. The van der Waals surface area contributed by atoms with E-state index in [9.17, 15) is 4.79 Å². The number of carbonyl (C=O) groups excluding carboxylic acids is 1. The van der Waals surface area contributed by atoms with Crippen LogP contribution in [0.25, 0.3) is 11.0 Å². The van der Waals surface area contributed by atoms with E-state index in [1.54, 1.807) is 6.20 Å². The van der Waals surface area contributed by atoms with Gasteiger partial charge in [0.15, 0.2) is 0 Å². The molecule has 0 radical (unpaired) electrons. The van der Waals surface area contributed by atoms with Crippen molar-refractivity contribution < 1.29 is 4.79 Å². The summed E-state index contributed by atoms with van der Waals surface area (Å²) in [5.74, 6) is 0.417. The first-order valence-electron chi connectivity index (χ1n) is 7.67. The average Bonchev–Trinajstić information content (AvgIpc) is 3.31. The van der Waals surface area contributed by atoms with Gasteiger partial charge in [-0.15, -0.1) is 0 Å². The van der Waals surface area contributed by atoms with Crippen LogP contribution in [-0.2, 0) is 6.54 Å². The number of carbonyl (C=O) groups is 1.